The molecule has 0 amide bonds. The molecular formula is C44H32F4. The van der Waals surface area contributed by atoms with Gasteiger partial charge in [-0.25, -0.2) is 17.6 Å². The Hall–Kier alpha value is -5.84. The van der Waals surface area contributed by atoms with Gasteiger partial charge in [0, 0.05) is 11.1 Å². The summed E-state index contributed by atoms with van der Waals surface area (Å²) in [7, 11) is 0. The van der Waals surface area contributed by atoms with Crippen molar-refractivity contribution in [2.24, 2.45) is 0 Å². The lowest BCUT2D eigenvalue weighted by Crippen LogP contribution is -1.92. The molecule has 6 aromatic rings. The molecule has 0 spiro atoms. The van der Waals surface area contributed by atoms with E-state index in [0.29, 0.717) is 11.1 Å². The van der Waals surface area contributed by atoms with Gasteiger partial charge in [-0.2, -0.15) is 0 Å². The van der Waals surface area contributed by atoms with E-state index < -0.39 is 23.3 Å². The van der Waals surface area contributed by atoms with E-state index in [1.807, 2.05) is 55.5 Å². The second kappa shape index (κ2) is 15.2. The van der Waals surface area contributed by atoms with Gasteiger partial charge in [-0.1, -0.05) is 114 Å². The van der Waals surface area contributed by atoms with Gasteiger partial charge in [-0.15, -0.1) is 0 Å². The Morgan fingerprint density at radius 2 is 0.771 bits per heavy atom. The average molecular weight is 637 g/mol. The highest BCUT2D eigenvalue weighted by Gasteiger charge is 2.09. The van der Waals surface area contributed by atoms with E-state index in [1.165, 1.54) is 42.3 Å². The molecule has 0 aromatic heterocycles. The van der Waals surface area contributed by atoms with E-state index in [2.05, 4.69) is 79.1 Å². The number of aryl methyl sites for hydroxylation is 4. The zero-order chi connectivity index (χ0) is 34.2. The number of halogens is 4. The smallest absolute Gasteiger partial charge is 0.174 e. The van der Waals surface area contributed by atoms with E-state index in [1.54, 1.807) is 6.92 Å². The largest absolute Gasteiger partial charge is 0.206 e. The van der Waals surface area contributed by atoms with Crippen LogP contribution in [0.2, 0.25) is 0 Å². The van der Waals surface area contributed by atoms with Crippen molar-refractivity contribution in [1.82, 2.24) is 0 Å². The first-order valence-corrected chi connectivity index (χ1v) is 15.4. The van der Waals surface area contributed by atoms with Crippen LogP contribution in [0.4, 0.5) is 17.6 Å². The fourth-order valence-corrected chi connectivity index (χ4v) is 4.82. The maximum Gasteiger partial charge on any atom is 0.174 e. The molecule has 0 unspecified atom stereocenters. The second-order valence-corrected chi connectivity index (χ2v) is 11.5. The molecule has 0 aliphatic carbocycles. The summed E-state index contributed by atoms with van der Waals surface area (Å²) in [4.78, 5) is 0. The summed E-state index contributed by atoms with van der Waals surface area (Å²) >= 11 is 0. The predicted octanol–water partition coefficient (Wildman–Crippen LogP) is 11.3. The normalized spacial score (nSPS) is 10.2. The van der Waals surface area contributed by atoms with Crippen LogP contribution in [0, 0.1) is 74.6 Å². The quantitative estimate of drug-likeness (QED) is 0.131. The SMILES string of the molecule is Cc1ccc(-c2ccc(C#Cc3c(F)cc(C)cc3F)cc2)cc1.Cc1ccc(-c2ccc(C#Cc3ccc(C)c(F)c3F)cc2)cc1. The summed E-state index contributed by atoms with van der Waals surface area (Å²) in [6.45, 7) is 7.27. The molecule has 0 N–H and O–H groups in total. The zero-order valence-electron chi connectivity index (χ0n) is 27.1. The minimum atomic E-state index is -0.890. The number of hydrogen-bond acceptors (Lipinski definition) is 0. The highest BCUT2D eigenvalue weighted by Crippen LogP contribution is 2.22. The van der Waals surface area contributed by atoms with Crippen molar-refractivity contribution < 1.29 is 17.6 Å². The summed E-state index contributed by atoms with van der Waals surface area (Å²) in [5.74, 6) is 8.01. The first kappa shape index (κ1) is 33.5. The first-order valence-electron chi connectivity index (χ1n) is 15.4. The van der Waals surface area contributed by atoms with Gasteiger partial charge in [0.1, 0.15) is 11.6 Å². The fraction of sp³-hybridized carbons (Fsp3) is 0.0909. The van der Waals surface area contributed by atoms with Gasteiger partial charge >= 0.3 is 0 Å². The summed E-state index contributed by atoms with van der Waals surface area (Å²) in [6.07, 6.45) is 0. The predicted molar refractivity (Wildman–Crippen MR) is 187 cm³/mol. The molecule has 4 heteroatoms. The van der Waals surface area contributed by atoms with Crippen molar-refractivity contribution in [3.8, 4) is 45.9 Å². The Kier molecular flexibility index (Phi) is 10.6. The zero-order valence-corrected chi connectivity index (χ0v) is 27.1. The third-order valence-electron chi connectivity index (χ3n) is 7.67. The highest BCUT2D eigenvalue weighted by molar-refractivity contribution is 5.66. The molecule has 0 radical (unpaired) electrons. The molecule has 0 aliphatic rings. The third-order valence-corrected chi connectivity index (χ3v) is 7.67. The molecule has 6 aromatic carbocycles. The number of benzene rings is 6. The van der Waals surface area contributed by atoms with Gasteiger partial charge in [-0.05, 0) is 104 Å². The van der Waals surface area contributed by atoms with E-state index in [-0.39, 0.29) is 16.7 Å². The Morgan fingerprint density at radius 1 is 0.375 bits per heavy atom. The number of rotatable bonds is 2. The van der Waals surface area contributed by atoms with Crippen molar-refractivity contribution in [3.05, 3.63) is 189 Å². The lowest BCUT2D eigenvalue weighted by Gasteiger charge is -2.02. The van der Waals surface area contributed by atoms with Crippen molar-refractivity contribution >= 4 is 0 Å². The Bertz CT molecular complexity index is 2150. The molecule has 236 valence electrons. The maximum atomic E-state index is 13.8. The molecule has 0 bridgehead atoms. The molecule has 6 rings (SSSR count). The second-order valence-electron chi connectivity index (χ2n) is 11.5. The lowest BCUT2D eigenvalue weighted by molar-refractivity contribution is 0.501. The minimum Gasteiger partial charge on any atom is -0.206 e. The molecule has 0 saturated heterocycles. The lowest BCUT2D eigenvalue weighted by atomic mass is 10.0. The van der Waals surface area contributed by atoms with Crippen molar-refractivity contribution in [2.75, 3.05) is 0 Å². The number of hydrogen-bond donors (Lipinski definition) is 0. The van der Waals surface area contributed by atoms with Gasteiger partial charge < -0.3 is 0 Å². The molecule has 0 nitrogen and oxygen atoms in total. The van der Waals surface area contributed by atoms with Gasteiger partial charge in [0.25, 0.3) is 0 Å². The van der Waals surface area contributed by atoms with Crippen LogP contribution in [0.15, 0.2) is 121 Å². The Labute approximate surface area is 279 Å². The topological polar surface area (TPSA) is 0 Å². The van der Waals surface area contributed by atoms with Gasteiger partial charge in [0.2, 0.25) is 0 Å². The molecule has 0 saturated carbocycles. The van der Waals surface area contributed by atoms with E-state index in [4.69, 9.17) is 0 Å². The van der Waals surface area contributed by atoms with Crippen molar-refractivity contribution in [3.63, 3.8) is 0 Å². The van der Waals surface area contributed by atoms with Crippen LogP contribution in [0.5, 0.6) is 0 Å². The molecule has 0 atom stereocenters. The highest BCUT2D eigenvalue weighted by atomic mass is 19.2. The van der Waals surface area contributed by atoms with Crippen LogP contribution in [-0.4, -0.2) is 0 Å². The Balaban J connectivity index is 0.000000188. The van der Waals surface area contributed by atoms with Crippen LogP contribution in [0.3, 0.4) is 0 Å². The van der Waals surface area contributed by atoms with Crippen LogP contribution in [0.1, 0.15) is 44.5 Å². The molecule has 0 aliphatic heterocycles. The van der Waals surface area contributed by atoms with E-state index >= 15 is 0 Å². The average Bonchev–Trinajstić information content (AvgIpc) is 3.08. The summed E-state index contributed by atoms with van der Waals surface area (Å²) in [5.41, 5.74) is 9.01. The molecule has 0 fully saturated rings. The van der Waals surface area contributed by atoms with Crippen LogP contribution in [0.25, 0.3) is 22.3 Å². The van der Waals surface area contributed by atoms with Crippen molar-refractivity contribution in [2.45, 2.75) is 27.7 Å². The summed E-state index contributed by atoms with van der Waals surface area (Å²) in [6, 6.07) is 37.4. The molecular weight excluding hydrogens is 604 g/mol. The summed E-state index contributed by atoms with van der Waals surface area (Å²) < 4.78 is 54.9. The van der Waals surface area contributed by atoms with E-state index in [0.717, 1.165) is 27.8 Å². The third kappa shape index (κ3) is 8.49. The monoisotopic (exact) mass is 636 g/mol. The summed E-state index contributed by atoms with van der Waals surface area (Å²) in [5, 5.41) is 0. The van der Waals surface area contributed by atoms with Crippen molar-refractivity contribution in [1.29, 1.82) is 0 Å². The first-order chi connectivity index (χ1) is 23.1. The minimum absolute atomic E-state index is 0.0701. The maximum absolute atomic E-state index is 13.8. The molecule has 48 heavy (non-hydrogen) atoms. The van der Waals surface area contributed by atoms with Crippen LogP contribution >= 0.6 is 0 Å². The van der Waals surface area contributed by atoms with E-state index in [9.17, 15) is 17.6 Å². The standard InChI is InChI=1S/2C22H16F2/c1-15-3-9-18(10-4-15)19-12-6-17(7-13-19)8-14-20-11-5-16(2)21(23)22(20)24;1-15-3-8-18(9-4-15)19-10-5-17(6-11-19)7-12-20-21(23)13-16(2)14-22(20)24/h3-7,9-13H,1-2H3;3-6,8-11,13-14H,1-2H3. The van der Waals surface area contributed by atoms with Crippen LogP contribution in [-0.2, 0) is 0 Å². The Morgan fingerprint density at radius 3 is 1.21 bits per heavy atom. The molecule has 0 heterocycles. The van der Waals surface area contributed by atoms with Gasteiger partial charge in [0.15, 0.2) is 11.6 Å². The fourth-order valence-electron chi connectivity index (χ4n) is 4.82. The van der Waals surface area contributed by atoms with Gasteiger partial charge in [-0.3, -0.25) is 0 Å². The van der Waals surface area contributed by atoms with Crippen LogP contribution < -0.4 is 0 Å². The van der Waals surface area contributed by atoms with Gasteiger partial charge in [0.05, 0.1) is 11.1 Å².